The maximum absolute atomic E-state index is 10.5. The Hall–Kier alpha value is -0.158. The van der Waals surface area contributed by atoms with E-state index in [0.29, 0.717) is 0 Å². The molecule has 12 heavy (non-hydrogen) atoms. The summed E-state index contributed by atoms with van der Waals surface area (Å²) in [6, 6.07) is 7.95. The van der Waals surface area contributed by atoms with Crippen molar-refractivity contribution in [2.24, 2.45) is 0 Å². The van der Waals surface area contributed by atoms with Gasteiger partial charge in [-0.3, -0.25) is 0 Å². The standard InChI is InChI=1S/C6H4Si.C2H4O2.Hg/c7-6-4-2-1-3-5-6;1-2(3)4;/h2-5H;1H3,(H,3,4);/q;;+1/p-1. The predicted octanol–water partition coefficient (Wildman–Crippen LogP) is -0.334. The summed E-state index contributed by atoms with van der Waals surface area (Å²) in [6.07, 6.45) is 0. The molecule has 3 radical (unpaired) electrons. The number of hydrogen-bond donors (Lipinski definition) is 0. The van der Waals surface area contributed by atoms with Crippen molar-refractivity contribution in [3.05, 3.63) is 24.3 Å². The molecule has 0 fully saturated rings. The molecule has 0 aromatic heterocycles. The molecule has 0 N–H and O–H groups in total. The first-order valence-electron chi connectivity index (χ1n) is 3.62. The van der Waals surface area contributed by atoms with Gasteiger partial charge in [-0.05, 0) is 0 Å². The van der Waals surface area contributed by atoms with Crippen LogP contribution in [0.2, 0.25) is 0 Å². The van der Waals surface area contributed by atoms with Crippen LogP contribution in [0.1, 0.15) is 6.92 Å². The van der Waals surface area contributed by atoms with Gasteiger partial charge < -0.3 is 0 Å². The zero-order valence-electron chi connectivity index (χ0n) is 6.83. The Morgan fingerprint density at radius 2 is 2.00 bits per heavy atom. The summed E-state index contributed by atoms with van der Waals surface area (Å²) < 4.78 is 6.25. The van der Waals surface area contributed by atoms with Gasteiger partial charge in [-0.25, -0.2) is 0 Å². The van der Waals surface area contributed by atoms with Crippen LogP contribution in [0.3, 0.4) is 0 Å². The van der Waals surface area contributed by atoms with Gasteiger partial charge in [0.1, 0.15) is 0 Å². The Bertz CT molecular complexity index is 271. The van der Waals surface area contributed by atoms with E-state index in [1.54, 1.807) is 0 Å². The monoisotopic (exact) mass is 365 g/mol. The van der Waals surface area contributed by atoms with Crippen LogP contribution in [0.5, 0.6) is 0 Å². The van der Waals surface area contributed by atoms with Crippen LogP contribution >= 0.6 is 0 Å². The van der Waals surface area contributed by atoms with Gasteiger partial charge in [0.2, 0.25) is 0 Å². The van der Waals surface area contributed by atoms with Gasteiger partial charge in [0.15, 0.2) is 0 Å². The molecular weight excluding hydrogens is 357 g/mol. The molecule has 4 heteroatoms. The summed E-state index contributed by atoms with van der Waals surface area (Å²) in [5.74, 6) is -0.154. The fourth-order valence-electron chi connectivity index (χ4n) is 0.786. The Morgan fingerprint density at radius 1 is 1.42 bits per heavy atom. The Balaban J connectivity index is 2.53. The molecule has 0 saturated heterocycles. The molecule has 0 spiro atoms. The molecule has 2 nitrogen and oxygen atoms in total. The van der Waals surface area contributed by atoms with Gasteiger partial charge in [0.05, 0.1) is 0 Å². The van der Waals surface area contributed by atoms with Crippen molar-refractivity contribution in [2.45, 2.75) is 6.92 Å². The van der Waals surface area contributed by atoms with Gasteiger partial charge in [-0.1, -0.05) is 0 Å². The van der Waals surface area contributed by atoms with Crippen molar-refractivity contribution in [3.8, 4) is 0 Å². The second-order valence-corrected chi connectivity index (χ2v) is 8.47. The van der Waals surface area contributed by atoms with Crippen molar-refractivity contribution in [1.29, 1.82) is 0 Å². The summed E-state index contributed by atoms with van der Waals surface area (Å²) in [7, 11) is 3.39. The normalized spacial score (nSPS) is 8.83. The fraction of sp³-hybridized carbons (Fsp3) is 0.125. The van der Waals surface area contributed by atoms with Crippen molar-refractivity contribution in [2.75, 3.05) is 0 Å². The van der Waals surface area contributed by atoms with E-state index in [4.69, 9.17) is 2.64 Å². The van der Waals surface area contributed by atoms with Crippen LogP contribution in [-0.2, 0) is 32.5 Å². The van der Waals surface area contributed by atoms with Crippen LogP contribution in [0.25, 0.3) is 0 Å². The van der Waals surface area contributed by atoms with Crippen LogP contribution in [-0.4, -0.2) is 16.2 Å². The van der Waals surface area contributed by atoms with E-state index in [1.807, 2.05) is 24.3 Å². The average Bonchev–Trinajstić information content (AvgIpc) is 2.03. The molecule has 57 valence electrons. The van der Waals surface area contributed by atoms with E-state index in [0.717, 1.165) is 5.19 Å². The average molecular weight is 364 g/mol. The molecule has 1 aromatic carbocycles. The second kappa shape index (κ2) is 4.77. The van der Waals surface area contributed by atoms with E-state index in [1.165, 1.54) is 10.00 Å². The second-order valence-electron chi connectivity index (χ2n) is 2.48. The zero-order valence-corrected chi connectivity index (χ0v) is 13.3. The van der Waals surface area contributed by atoms with Gasteiger partial charge in [-0.2, -0.15) is 0 Å². The van der Waals surface area contributed by atoms with Gasteiger partial charge >= 0.3 is 88.1 Å². The summed E-state index contributed by atoms with van der Waals surface area (Å²) in [5, 5.41) is 1.05. The van der Waals surface area contributed by atoms with E-state index >= 15 is 0 Å². The predicted molar refractivity (Wildman–Crippen MR) is 43.2 cm³/mol. The van der Waals surface area contributed by atoms with E-state index in [9.17, 15) is 4.79 Å². The Labute approximate surface area is 87.8 Å². The summed E-state index contributed by atoms with van der Waals surface area (Å²) in [4.78, 5) is 10.5. The van der Waals surface area contributed by atoms with Crippen molar-refractivity contribution in [1.82, 2.24) is 0 Å². The van der Waals surface area contributed by atoms with Crippen LogP contribution in [0.4, 0.5) is 0 Å². The van der Waals surface area contributed by atoms with Crippen LogP contribution in [0, 0.1) is 0 Å². The van der Waals surface area contributed by atoms with E-state index in [2.05, 4.69) is 10.2 Å². The first-order valence-corrected chi connectivity index (χ1v) is 9.12. The minimum absolute atomic E-state index is 0.154. The molecule has 0 saturated carbocycles. The zero-order chi connectivity index (χ0) is 8.97. The summed E-state index contributed by atoms with van der Waals surface area (Å²) >= 11 is -1.56. The SMILES string of the molecule is CC(=O)[O][Hg][c]1ccc([Si])cc1. The molecule has 0 amide bonds. The number of benzene rings is 1. The molecule has 0 aliphatic rings. The molecule has 0 aliphatic heterocycles. The van der Waals surface area contributed by atoms with Gasteiger partial charge in [0, 0.05) is 0 Å². The molecule has 0 unspecified atom stereocenters. The van der Waals surface area contributed by atoms with Crippen molar-refractivity contribution < 1.29 is 32.5 Å². The topological polar surface area (TPSA) is 26.3 Å². The van der Waals surface area contributed by atoms with E-state index < -0.39 is 25.0 Å². The minimum atomic E-state index is -1.56. The molecule has 1 rings (SSSR count). The third-order valence-electron chi connectivity index (χ3n) is 1.40. The molecule has 0 bridgehead atoms. The molecule has 0 atom stereocenters. The number of hydrogen-bond acceptors (Lipinski definition) is 2. The molecule has 0 heterocycles. The van der Waals surface area contributed by atoms with Crippen LogP contribution < -0.4 is 8.26 Å². The summed E-state index contributed by atoms with van der Waals surface area (Å²) in [5.41, 5.74) is 0. The quantitative estimate of drug-likeness (QED) is 0.672. The Kier molecular flexibility index (Phi) is 3.94. The number of rotatable bonds is 2. The molecule has 0 aliphatic carbocycles. The fourth-order valence-corrected chi connectivity index (χ4v) is 4.06. The number of carbonyl (C=O) groups is 1. The first-order chi connectivity index (χ1) is 5.68. The Morgan fingerprint density at radius 3 is 2.50 bits per heavy atom. The van der Waals surface area contributed by atoms with Gasteiger partial charge in [0.25, 0.3) is 0 Å². The molecular formula is C8H7HgO2Si. The molecule has 1 aromatic rings. The third-order valence-corrected chi connectivity index (χ3v) is 7.00. The maximum atomic E-state index is 10.5. The van der Waals surface area contributed by atoms with Gasteiger partial charge in [-0.15, -0.1) is 0 Å². The number of carbonyl (C=O) groups excluding carboxylic acids is 1. The van der Waals surface area contributed by atoms with Crippen LogP contribution in [0.15, 0.2) is 24.3 Å². The first kappa shape index (κ1) is 9.93. The van der Waals surface area contributed by atoms with Crippen molar-refractivity contribution in [3.63, 3.8) is 0 Å². The van der Waals surface area contributed by atoms with E-state index in [-0.39, 0.29) is 5.97 Å². The van der Waals surface area contributed by atoms with Crippen molar-refractivity contribution >= 4 is 24.5 Å². The summed E-state index contributed by atoms with van der Waals surface area (Å²) in [6.45, 7) is 1.46. The third kappa shape index (κ3) is 3.49.